The summed E-state index contributed by atoms with van der Waals surface area (Å²) in [5.41, 5.74) is 6.85. The van der Waals surface area contributed by atoms with Crippen molar-refractivity contribution in [2.75, 3.05) is 6.61 Å². The van der Waals surface area contributed by atoms with Crippen LogP contribution in [0, 0.1) is 0 Å². The molecule has 3 nitrogen and oxygen atoms in total. The molecule has 0 aliphatic carbocycles. The maximum Gasteiger partial charge on any atom is 0.124 e. The van der Waals surface area contributed by atoms with Crippen molar-refractivity contribution in [3.8, 4) is 5.75 Å². The van der Waals surface area contributed by atoms with Gasteiger partial charge in [0.05, 0.1) is 6.61 Å². The van der Waals surface area contributed by atoms with Crippen LogP contribution in [0.3, 0.4) is 0 Å². The lowest BCUT2D eigenvalue weighted by atomic mass is 9.98. The number of aliphatic hydroxyl groups is 1. The van der Waals surface area contributed by atoms with Gasteiger partial charge in [-0.3, -0.25) is 0 Å². The summed E-state index contributed by atoms with van der Waals surface area (Å²) in [4.78, 5) is 0. The van der Waals surface area contributed by atoms with Crippen molar-refractivity contribution in [2.24, 2.45) is 5.73 Å². The fourth-order valence-corrected chi connectivity index (χ4v) is 1.85. The molecule has 0 saturated heterocycles. The first-order valence-corrected chi connectivity index (χ1v) is 4.91. The lowest BCUT2D eigenvalue weighted by Gasteiger charge is -2.29. The molecule has 1 aromatic rings. The van der Waals surface area contributed by atoms with E-state index in [0.29, 0.717) is 11.4 Å². The van der Waals surface area contributed by atoms with Crippen LogP contribution in [0.25, 0.3) is 0 Å². The average molecular weight is 214 g/mol. The highest BCUT2D eigenvalue weighted by Gasteiger charge is 2.25. The van der Waals surface area contributed by atoms with Gasteiger partial charge >= 0.3 is 0 Å². The van der Waals surface area contributed by atoms with Gasteiger partial charge in [0.2, 0.25) is 0 Å². The smallest absolute Gasteiger partial charge is 0.124 e. The monoisotopic (exact) mass is 213 g/mol. The van der Waals surface area contributed by atoms with E-state index in [2.05, 4.69) is 0 Å². The molecule has 2 rings (SSSR count). The third-order valence-corrected chi connectivity index (χ3v) is 2.62. The average Bonchev–Trinajstić information content (AvgIpc) is 2.19. The first-order chi connectivity index (χ1) is 6.70. The molecule has 3 N–H and O–H groups in total. The Morgan fingerprint density at radius 3 is 3.07 bits per heavy atom. The highest BCUT2D eigenvalue weighted by molar-refractivity contribution is 6.30. The van der Waals surface area contributed by atoms with Crippen LogP contribution in [0.4, 0.5) is 0 Å². The van der Waals surface area contributed by atoms with Gasteiger partial charge in [0, 0.05) is 23.0 Å². The number of halogens is 1. The Balaban J connectivity index is 2.35. The van der Waals surface area contributed by atoms with Crippen LogP contribution in [-0.2, 0) is 0 Å². The lowest BCUT2D eigenvalue weighted by molar-refractivity contribution is 0.0889. The molecule has 2 atom stereocenters. The first kappa shape index (κ1) is 9.77. The van der Waals surface area contributed by atoms with Gasteiger partial charge in [-0.05, 0) is 18.2 Å². The second kappa shape index (κ2) is 3.77. The van der Waals surface area contributed by atoms with Gasteiger partial charge in [-0.2, -0.15) is 0 Å². The SMILES string of the molecule is N[C@H]1CC(CO)Oc2ccc(Cl)cc21. The fourth-order valence-electron chi connectivity index (χ4n) is 1.67. The second-order valence-electron chi connectivity index (χ2n) is 3.45. The largest absolute Gasteiger partial charge is 0.488 e. The van der Waals surface area contributed by atoms with Crippen molar-refractivity contribution < 1.29 is 9.84 Å². The summed E-state index contributed by atoms with van der Waals surface area (Å²) in [5, 5.41) is 9.64. The molecule has 76 valence electrons. The predicted molar refractivity (Wildman–Crippen MR) is 54.5 cm³/mol. The van der Waals surface area contributed by atoms with Gasteiger partial charge in [0.1, 0.15) is 11.9 Å². The number of benzene rings is 1. The Bertz CT molecular complexity index is 343. The summed E-state index contributed by atoms with van der Waals surface area (Å²) in [6, 6.07) is 5.26. The van der Waals surface area contributed by atoms with Crippen molar-refractivity contribution in [2.45, 2.75) is 18.6 Å². The van der Waals surface area contributed by atoms with E-state index in [1.54, 1.807) is 12.1 Å². The maximum absolute atomic E-state index is 8.98. The minimum absolute atomic E-state index is 0.00420. The van der Waals surface area contributed by atoms with Gasteiger partial charge in [-0.1, -0.05) is 11.6 Å². The third-order valence-electron chi connectivity index (χ3n) is 2.39. The minimum Gasteiger partial charge on any atom is -0.488 e. The van der Waals surface area contributed by atoms with E-state index in [9.17, 15) is 0 Å². The van der Waals surface area contributed by atoms with Crippen LogP contribution in [0.15, 0.2) is 18.2 Å². The second-order valence-corrected chi connectivity index (χ2v) is 3.88. The Morgan fingerprint density at radius 1 is 1.57 bits per heavy atom. The lowest BCUT2D eigenvalue weighted by Crippen LogP contribution is -2.31. The normalized spacial score (nSPS) is 25.4. The summed E-state index contributed by atoms with van der Waals surface area (Å²) in [7, 11) is 0. The zero-order valence-electron chi connectivity index (χ0n) is 7.61. The first-order valence-electron chi connectivity index (χ1n) is 4.53. The molecule has 1 aliphatic rings. The number of hydrogen-bond acceptors (Lipinski definition) is 3. The van der Waals surface area contributed by atoms with E-state index in [1.165, 1.54) is 0 Å². The van der Waals surface area contributed by atoms with Gasteiger partial charge < -0.3 is 15.6 Å². The van der Waals surface area contributed by atoms with Crippen molar-refractivity contribution in [1.82, 2.24) is 0 Å². The molecule has 0 spiro atoms. The highest BCUT2D eigenvalue weighted by Crippen LogP contribution is 2.34. The van der Waals surface area contributed by atoms with Crippen LogP contribution < -0.4 is 10.5 Å². The molecule has 14 heavy (non-hydrogen) atoms. The molecule has 1 aromatic carbocycles. The molecule has 1 aliphatic heterocycles. The summed E-state index contributed by atoms with van der Waals surface area (Å²) in [5.74, 6) is 0.729. The van der Waals surface area contributed by atoms with Crippen LogP contribution in [0.2, 0.25) is 5.02 Å². The van der Waals surface area contributed by atoms with Crippen molar-refractivity contribution in [3.63, 3.8) is 0 Å². The summed E-state index contributed by atoms with van der Waals surface area (Å²) in [6.07, 6.45) is 0.433. The Hall–Kier alpha value is -0.770. The number of rotatable bonds is 1. The number of fused-ring (bicyclic) bond motifs is 1. The van der Waals surface area contributed by atoms with Crippen LogP contribution in [-0.4, -0.2) is 17.8 Å². The molecule has 0 fully saturated rings. The van der Waals surface area contributed by atoms with E-state index >= 15 is 0 Å². The van der Waals surface area contributed by atoms with Gasteiger partial charge in [0.25, 0.3) is 0 Å². The van der Waals surface area contributed by atoms with Crippen LogP contribution in [0.1, 0.15) is 18.0 Å². The number of nitrogens with two attached hydrogens (primary N) is 1. The Kier molecular flexibility index (Phi) is 2.63. The molecule has 0 bridgehead atoms. The van der Waals surface area contributed by atoms with Crippen LogP contribution >= 0.6 is 11.6 Å². The minimum atomic E-state index is -0.196. The quantitative estimate of drug-likeness (QED) is 0.743. The molecule has 1 heterocycles. The van der Waals surface area contributed by atoms with Gasteiger partial charge in [-0.25, -0.2) is 0 Å². The number of hydrogen-bond donors (Lipinski definition) is 2. The van der Waals surface area contributed by atoms with Crippen LogP contribution in [0.5, 0.6) is 5.75 Å². The maximum atomic E-state index is 8.98. The van der Waals surface area contributed by atoms with E-state index in [-0.39, 0.29) is 18.8 Å². The van der Waals surface area contributed by atoms with Gasteiger partial charge in [0.15, 0.2) is 0 Å². The zero-order chi connectivity index (χ0) is 10.1. The molecule has 0 aromatic heterocycles. The topological polar surface area (TPSA) is 55.5 Å². The molecule has 0 radical (unpaired) electrons. The number of aliphatic hydroxyl groups excluding tert-OH is 1. The summed E-state index contributed by atoms with van der Waals surface area (Å²) >= 11 is 5.85. The van der Waals surface area contributed by atoms with E-state index in [1.807, 2.05) is 6.07 Å². The molecular weight excluding hydrogens is 202 g/mol. The van der Waals surface area contributed by atoms with E-state index < -0.39 is 0 Å². The Morgan fingerprint density at radius 2 is 2.36 bits per heavy atom. The summed E-state index contributed by atoms with van der Waals surface area (Å²) < 4.78 is 5.52. The zero-order valence-corrected chi connectivity index (χ0v) is 8.37. The molecular formula is C10H12ClNO2. The van der Waals surface area contributed by atoms with Crippen molar-refractivity contribution in [1.29, 1.82) is 0 Å². The van der Waals surface area contributed by atoms with Gasteiger partial charge in [-0.15, -0.1) is 0 Å². The molecule has 0 amide bonds. The molecule has 1 unspecified atom stereocenters. The van der Waals surface area contributed by atoms with Crippen molar-refractivity contribution in [3.05, 3.63) is 28.8 Å². The molecule has 0 saturated carbocycles. The van der Waals surface area contributed by atoms with E-state index in [4.69, 9.17) is 27.2 Å². The van der Waals surface area contributed by atoms with E-state index in [0.717, 1.165) is 11.3 Å². The summed E-state index contributed by atoms with van der Waals surface area (Å²) in [6.45, 7) is -0.00420. The van der Waals surface area contributed by atoms with Crippen molar-refractivity contribution >= 4 is 11.6 Å². The third kappa shape index (κ3) is 1.71. The standard InChI is InChI=1S/C10H12ClNO2/c11-6-1-2-10-8(3-6)9(12)4-7(5-13)14-10/h1-3,7,9,13H,4-5,12H2/t7?,9-/m0/s1. The Labute approximate surface area is 87.4 Å². The highest BCUT2D eigenvalue weighted by atomic mass is 35.5. The predicted octanol–water partition coefficient (Wildman–Crippen LogP) is 1.48. The molecule has 4 heteroatoms. The fraction of sp³-hybridized carbons (Fsp3) is 0.400. The number of ether oxygens (including phenoxy) is 1.